The van der Waals surface area contributed by atoms with Crippen LogP contribution in [0.3, 0.4) is 0 Å². The number of halogens is 3. The summed E-state index contributed by atoms with van der Waals surface area (Å²) in [7, 11) is 0. The van der Waals surface area contributed by atoms with Gasteiger partial charge in [0.15, 0.2) is 11.5 Å². The van der Waals surface area contributed by atoms with Gasteiger partial charge in [0, 0.05) is 31.1 Å². The van der Waals surface area contributed by atoms with Crippen molar-refractivity contribution < 1.29 is 56.8 Å². The molecule has 1 atom stereocenters. The number of aliphatic hydroxyl groups is 2. The molecule has 1 saturated carbocycles. The molecule has 0 radical (unpaired) electrons. The minimum absolute atomic E-state index is 0.0874. The van der Waals surface area contributed by atoms with Gasteiger partial charge in [0.05, 0.1) is 41.0 Å². The summed E-state index contributed by atoms with van der Waals surface area (Å²) in [5, 5.41) is 19.8. The highest BCUT2D eigenvalue weighted by Gasteiger charge is 2.52. The highest BCUT2D eigenvalue weighted by molar-refractivity contribution is 5.95. The third-order valence-electron chi connectivity index (χ3n) is 6.20. The van der Waals surface area contributed by atoms with E-state index < -0.39 is 131 Å². The quantitative estimate of drug-likeness (QED) is 0.407. The second-order valence-corrected chi connectivity index (χ2v) is 8.95. The predicted octanol–water partition coefficient (Wildman–Crippen LogP) is 4.99. The number of benzene rings is 2. The van der Waals surface area contributed by atoms with Gasteiger partial charge < -0.3 is 24.3 Å². The largest absolute Gasteiger partial charge is 0.586 e. The molecule has 1 aliphatic heterocycles. The van der Waals surface area contributed by atoms with Gasteiger partial charge in [0.1, 0.15) is 11.6 Å². The second-order valence-electron chi connectivity index (χ2n) is 8.95. The summed E-state index contributed by atoms with van der Waals surface area (Å²) < 4.78 is 170. The predicted molar refractivity (Wildman–Crippen MR) is 131 cm³/mol. The zero-order valence-corrected chi connectivity index (χ0v) is 19.6. The van der Waals surface area contributed by atoms with Gasteiger partial charge in [-0.1, -0.05) is 26.8 Å². The molecule has 0 amide bonds. The number of aromatic nitrogens is 1. The van der Waals surface area contributed by atoms with E-state index in [0.29, 0.717) is 0 Å². The molecule has 2 aromatic carbocycles. The van der Waals surface area contributed by atoms with Gasteiger partial charge in [0.2, 0.25) is 0 Å². The molecule has 1 aromatic heterocycles. The average Bonchev–Trinajstić information content (AvgIpc) is 3.23. The lowest BCUT2D eigenvalue weighted by Gasteiger charge is -2.26. The first-order chi connectivity index (χ1) is 22.7. The fraction of sp³-hybridized carbons (Fsp3) is 0.464. The molecule has 0 saturated heterocycles. The summed E-state index contributed by atoms with van der Waals surface area (Å²) >= 11 is 0. The van der Waals surface area contributed by atoms with E-state index in [4.69, 9.17) is 19.2 Å². The zero-order chi connectivity index (χ0) is 39.2. The molecule has 2 aliphatic rings. The standard InChI is InChI=1S/C28H30F3NO5/c1-4-26(2,3)24-10-17-9-16(20(29)13-21(17)32(24)14-19(34)15-33)11-25(35)27(7-8-27)18-5-6-22-23(12-18)37-28(30,31)36-22/h5-6,9-10,12-13,19,33-34H,4,7-8,11,14-15H2,1-3H3/t19-/m1/s1/i4D2,7D2,8D2,9D,10D,13D,14D2,15D2,19D. The fourth-order valence-corrected chi connectivity index (χ4v) is 3.95. The Morgan fingerprint density at radius 1 is 1.30 bits per heavy atom. The molecular weight excluding hydrogens is 487 g/mol. The SMILES string of the molecule is [2H]c1c(CC(=O)C2(c3ccc4c(c3)OC(F)(F)O4)C([2H])([2H])C2([2H])[2H])c(F)c([2H])c2c1c([2H])c(C(C)(C)C([2H])([2H])C)n2C([2H])([2H])[C@@]([2H])(O)C([2H])([2H])O. The number of carbonyl (C=O) groups is 1. The third-order valence-corrected chi connectivity index (χ3v) is 6.20. The normalized spacial score (nSPS) is 28.5. The van der Waals surface area contributed by atoms with Crippen LogP contribution in [-0.4, -0.2) is 39.5 Å². The van der Waals surface area contributed by atoms with Crippen molar-refractivity contribution in [3.63, 3.8) is 0 Å². The molecule has 3 aromatic rings. The first-order valence-corrected chi connectivity index (χ1v) is 10.9. The number of ketones is 1. The average molecular weight is 532 g/mol. The van der Waals surface area contributed by atoms with Crippen molar-refractivity contribution in [2.45, 2.75) is 76.0 Å². The highest BCUT2D eigenvalue weighted by Crippen LogP contribution is 2.52. The van der Waals surface area contributed by atoms with Crippen LogP contribution in [0.5, 0.6) is 11.5 Å². The lowest BCUT2D eigenvalue weighted by atomic mass is 9.86. The van der Waals surface area contributed by atoms with Gasteiger partial charge in [-0.3, -0.25) is 4.79 Å². The van der Waals surface area contributed by atoms with Gasteiger partial charge in [-0.05, 0) is 60.5 Å². The number of hydrogen-bond acceptors (Lipinski definition) is 5. The molecule has 0 spiro atoms. The molecule has 0 bridgehead atoms. The summed E-state index contributed by atoms with van der Waals surface area (Å²) in [5.74, 6) is -4.42. The van der Waals surface area contributed by atoms with Crippen molar-refractivity contribution >= 4 is 16.7 Å². The Balaban J connectivity index is 1.79. The van der Waals surface area contributed by atoms with Crippen molar-refractivity contribution in [2.75, 3.05) is 6.56 Å². The first-order valence-electron chi connectivity index (χ1n) is 17.9. The van der Waals surface area contributed by atoms with E-state index in [0.717, 1.165) is 39.0 Å². The fourth-order valence-electron chi connectivity index (χ4n) is 3.95. The summed E-state index contributed by atoms with van der Waals surface area (Å²) in [6, 6.07) is -0.975. The van der Waals surface area contributed by atoms with E-state index in [1.54, 1.807) is 0 Å². The van der Waals surface area contributed by atoms with Crippen molar-refractivity contribution in [1.29, 1.82) is 0 Å². The number of nitrogens with zero attached hydrogens (tertiary/aromatic N) is 1. The van der Waals surface area contributed by atoms with Crippen molar-refractivity contribution in [3.05, 3.63) is 59.0 Å². The number of alkyl halides is 2. The maximum Gasteiger partial charge on any atom is 0.586 e. The van der Waals surface area contributed by atoms with E-state index >= 15 is 4.39 Å². The van der Waals surface area contributed by atoms with Gasteiger partial charge in [-0.25, -0.2) is 4.39 Å². The summed E-state index contributed by atoms with van der Waals surface area (Å²) in [6.45, 7) is -4.77. The Labute approximate surface area is 232 Å². The Kier molecular flexibility index (Phi) is 3.24. The first kappa shape index (κ1) is 13.7. The summed E-state index contributed by atoms with van der Waals surface area (Å²) in [6.07, 6.45) is -18.2. The number of ether oxygens (including phenoxy) is 2. The van der Waals surface area contributed by atoms with E-state index in [9.17, 15) is 23.8 Å². The molecule has 37 heavy (non-hydrogen) atoms. The van der Waals surface area contributed by atoms with Gasteiger partial charge in [-0.15, -0.1) is 8.78 Å². The minimum atomic E-state index is -4.19. The Morgan fingerprint density at radius 2 is 2.00 bits per heavy atom. The van der Waals surface area contributed by atoms with Gasteiger partial charge in [-0.2, -0.15) is 0 Å². The summed E-state index contributed by atoms with van der Waals surface area (Å²) in [4.78, 5) is 14.1. The molecule has 1 fully saturated rings. The number of carbonyl (C=O) groups excluding carboxylic acids is 1. The Bertz CT molecular complexity index is 1990. The second kappa shape index (κ2) is 8.77. The number of hydrogen-bond donors (Lipinski definition) is 2. The van der Waals surface area contributed by atoms with E-state index in [-0.39, 0.29) is 4.57 Å². The van der Waals surface area contributed by atoms with E-state index in [1.807, 2.05) is 0 Å². The van der Waals surface area contributed by atoms with Crippen molar-refractivity contribution in [3.8, 4) is 11.5 Å². The number of fused-ring (bicyclic) bond motifs is 2. The molecule has 2 heterocycles. The van der Waals surface area contributed by atoms with Crippen molar-refractivity contribution in [2.24, 2.45) is 0 Å². The Hall–Kier alpha value is -3.04. The van der Waals surface area contributed by atoms with Gasteiger partial charge in [0.25, 0.3) is 0 Å². The lowest BCUT2D eigenvalue weighted by Crippen LogP contribution is -2.26. The molecule has 2 N–H and O–H groups in total. The van der Waals surface area contributed by atoms with Crippen LogP contribution < -0.4 is 9.47 Å². The van der Waals surface area contributed by atoms with E-state index in [1.165, 1.54) is 0 Å². The molecule has 198 valence electrons. The highest BCUT2D eigenvalue weighted by atomic mass is 19.3. The number of rotatable bonds is 9. The molecule has 9 heteroatoms. The maximum atomic E-state index is 16.3. The topological polar surface area (TPSA) is 80.9 Å². The third kappa shape index (κ3) is 4.48. The molecule has 0 unspecified atom stereocenters. The molecule has 5 rings (SSSR count). The lowest BCUT2D eigenvalue weighted by molar-refractivity contribution is -0.286. The summed E-state index contributed by atoms with van der Waals surface area (Å²) in [5.41, 5.74) is -8.35. The van der Waals surface area contributed by atoms with Gasteiger partial charge >= 0.3 is 6.29 Å². The van der Waals surface area contributed by atoms with Crippen LogP contribution >= 0.6 is 0 Å². The van der Waals surface area contributed by atoms with Crippen LogP contribution in [0.4, 0.5) is 13.2 Å². The molecular formula is C28H30F3NO5. The van der Waals surface area contributed by atoms with Crippen LogP contribution in [0.2, 0.25) is 0 Å². The van der Waals surface area contributed by atoms with Crippen molar-refractivity contribution in [1.82, 2.24) is 4.57 Å². The Morgan fingerprint density at radius 3 is 2.65 bits per heavy atom. The monoisotopic (exact) mass is 531 g/mol. The van der Waals surface area contributed by atoms with Crippen LogP contribution in [0.1, 0.15) is 75.9 Å². The maximum absolute atomic E-state index is 16.3. The molecule has 1 aliphatic carbocycles. The van der Waals surface area contributed by atoms with E-state index in [2.05, 4.69) is 9.47 Å². The minimum Gasteiger partial charge on any atom is -0.395 e. The number of Topliss-reactive ketones (excluding diaryl/α,β-unsaturated/α-hetero) is 1. The van der Waals surface area contributed by atoms with Crippen LogP contribution in [0.15, 0.2) is 36.3 Å². The van der Waals surface area contributed by atoms with Crippen LogP contribution in [-0.2, 0) is 28.5 Å². The zero-order valence-electron chi connectivity index (χ0n) is 33.6. The smallest absolute Gasteiger partial charge is 0.395 e. The molecule has 6 nitrogen and oxygen atoms in total. The van der Waals surface area contributed by atoms with Crippen LogP contribution in [0, 0.1) is 5.82 Å². The van der Waals surface area contributed by atoms with Crippen LogP contribution in [0.25, 0.3) is 10.9 Å².